The maximum Gasteiger partial charge on any atom is 0.307 e. The maximum atomic E-state index is 13.8. The highest BCUT2D eigenvalue weighted by molar-refractivity contribution is 6.30. The van der Waals surface area contributed by atoms with Crippen LogP contribution in [0.3, 0.4) is 0 Å². The van der Waals surface area contributed by atoms with Crippen LogP contribution >= 0.6 is 11.6 Å². The van der Waals surface area contributed by atoms with Gasteiger partial charge >= 0.3 is 5.97 Å². The van der Waals surface area contributed by atoms with Crippen LogP contribution in [0.1, 0.15) is 19.2 Å². The van der Waals surface area contributed by atoms with Crippen molar-refractivity contribution in [3.8, 4) is 11.3 Å². The first-order valence-electron chi connectivity index (χ1n) is 8.98. The molecule has 1 unspecified atom stereocenters. The summed E-state index contributed by atoms with van der Waals surface area (Å²) in [5.41, 5.74) is 0.186. The predicted molar refractivity (Wildman–Crippen MR) is 106 cm³/mol. The van der Waals surface area contributed by atoms with Gasteiger partial charge in [-0.15, -0.1) is 0 Å². The highest BCUT2D eigenvalue weighted by Gasteiger charge is 2.20. The van der Waals surface area contributed by atoms with E-state index in [2.05, 4.69) is 10.3 Å². The van der Waals surface area contributed by atoms with E-state index in [0.717, 1.165) is 12.1 Å². The summed E-state index contributed by atoms with van der Waals surface area (Å²) >= 11 is 5.78. The van der Waals surface area contributed by atoms with Gasteiger partial charge in [-0.05, 0) is 43.3 Å². The number of amides is 1. The number of halogens is 3. The molecular weight excluding hydrogens is 418 g/mol. The van der Waals surface area contributed by atoms with Crippen molar-refractivity contribution >= 4 is 29.2 Å². The molecule has 30 heavy (non-hydrogen) atoms. The van der Waals surface area contributed by atoms with Crippen molar-refractivity contribution in [1.29, 1.82) is 0 Å². The Balaban J connectivity index is 1.51. The van der Waals surface area contributed by atoms with Crippen LogP contribution < -0.4 is 5.32 Å². The normalized spacial score (nSPS) is 11.7. The Morgan fingerprint density at radius 2 is 1.83 bits per heavy atom. The van der Waals surface area contributed by atoms with E-state index in [1.807, 2.05) is 0 Å². The fourth-order valence-electron chi connectivity index (χ4n) is 2.57. The van der Waals surface area contributed by atoms with E-state index in [1.54, 1.807) is 24.3 Å². The fourth-order valence-corrected chi connectivity index (χ4v) is 2.70. The lowest BCUT2D eigenvalue weighted by molar-refractivity contribution is -0.153. The SMILES string of the molecule is CC(OC(=O)CCc1ncc(-c2c(F)cccc2F)o1)C(=O)Nc1ccc(Cl)cc1. The first kappa shape index (κ1) is 21.4. The summed E-state index contributed by atoms with van der Waals surface area (Å²) in [6.07, 6.45) is 0.0732. The van der Waals surface area contributed by atoms with Crippen molar-refractivity contribution in [3.05, 3.63) is 71.2 Å². The van der Waals surface area contributed by atoms with Crippen LogP contribution in [0, 0.1) is 11.6 Å². The highest BCUT2D eigenvalue weighted by atomic mass is 35.5. The second kappa shape index (κ2) is 9.49. The molecule has 6 nitrogen and oxygen atoms in total. The minimum atomic E-state index is -1.03. The van der Waals surface area contributed by atoms with Gasteiger partial charge in [0, 0.05) is 17.1 Å². The highest BCUT2D eigenvalue weighted by Crippen LogP contribution is 2.26. The Kier molecular flexibility index (Phi) is 6.79. The Bertz CT molecular complexity index is 1030. The number of aromatic nitrogens is 1. The summed E-state index contributed by atoms with van der Waals surface area (Å²) in [5, 5.41) is 3.13. The summed E-state index contributed by atoms with van der Waals surface area (Å²) in [6, 6.07) is 9.92. The summed E-state index contributed by atoms with van der Waals surface area (Å²) in [7, 11) is 0. The molecule has 3 aromatic rings. The van der Waals surface area contributed by atoms with Crippen molar-refractivity contribution in [3.63, 3.8) is 0 Å². The third-order valence-electron chi connectivity index (χ3n) is 4.09. The molecule has 2 aromatic carbocycles. The van der Waals surface area contributed by atoms with Gasteiger partial charge in [-0.25, -0.2) is 13.8 Å². The monoisotopic (exact) mass is 434 g/mol. The van der Waals surface area contributed by atoms with E-state index in [4.69, 9.17) is 20.8 Å². The lowest BCUT2D eigenvalue weighted by Gasteiger charge is -2.13. The number of nitrogens with one attached hydrogen (secondary N) is 1. The number of aryl methyl sites for hydroxylation is 1. The Morgan fingerprint density at radius 3 is 2.50 bits per heavy atom. The number of hydrogen-bond acceptors (Lipinski definition) is 5. The topological polar surface area (TPSA) is 81.4 Å². The van der Waals surface area contributed by atoms with Crippen LogP contribution in [0.25, 0.3) is 11.3 Å². The molecule has 0 fully saturated rings. The minimum Gasteiger partial charge on any atom is -0.453 e. The Hall–Kier alpha value is -3.26. The van der Waals surface area contributed by atoms with Crippen molar-refractivity contribution in [2.75, 3.05) is 5.32 Å². The molecule has 1 N–H and O–H groups in total. The molecule has 0 saturated carbocycles. The van der Waals surface area contributed by atoms with Gasteiger partial charge in [0.15, 0.2) is 17.8 Å². The molecule has 1 heterocycles. The van der Waals surface area contributed by atoms with Gasteiger partial charge in [-0.2, -0.15) is 0 Å². The molecule has 0 aliphatic rings. The van der Waals surface area contributed by atoms with Crippen molar-refractivity contribution in [1.82, 2.24) is 4.98 Å². The van der Waals surface area contributed by atoms with Crippen LogP contribution in [0.4, 0.5) is 14.5 Å². The van der Waals surface area contributed by atoms with Crippen molar-refractivity contribution < 1.29 is 27.5 Å². The molecule has 1 amide bonds. The number of carbonyl (C=O) groups excluding carboxylic acids is 2. The van der Waals surface area contributed by atoms with E-state index in [-0.39, 0.29) is 30.1 Å². The van der Waals surface area contributed by atoms with E-state index in [9.17, 15) is 18.4 Å². The molecule has 156 valence electrons. The van der Waals surface area contributed by atoms with Crippen LogP contribution in [-0.4, -0.2) is 23.0 Å². The molecule has 1 atom stereocenters. The van der Waals surface area contributed by atoms with Gasteiger partial charge in [-0.3, -0.25) is 9.59 Å². The Morgan fingerprint density at radius 1 is 1.17 bits per heavy atom. The number of esters is 1. The number of oxazole rings is 1. The number of nitrogens with zero attached hydrogens (tertiary/aromatic N) is 1. The van der Waals surface area contributed by atoms with Crippen LogP contribution in [0.15, 0.2) is 53.1 Å². The molecule has 0 radical (unpaired) electrons. The lowest BCUT2D eigenvalue weighted by atomic mass is 10.1. The summed E-state index contributed by atoms with van der Waals surface area (Å²) in [6.45, 7) is 1.44. The number of ether oxygens (including phenoxy) is 1. The summed E-state index contributed by atoms with van der Waals surface area (Å²) < 4.78 is 38.0. The van der Waals surface area contributed by atoms with E-state index in [1.165, 1.54) is 19.2 Å². The average molecular weight is 435 g/mol. The zero-order valence-corrected chi connectivity index (χ0v) is 16.6. The largest absolute Gasteiger partial charge is 0.453 e. The smallest absolute Gasteiger partial charge is 0.307 e. The molecule has 0 bridgehead atoms. The number of anilines is 1. The quantitative estimate of drug-likeness (QED) is 0.541. The first-order valence-corrected chi connectivity index (χ1v) is 9.36. The van der Waals surface area contributed by atoms with Crippen LogP contribution in [0.2, 0.25) is 5.02 Å². The molecule has 0 spiro atoms. The van der Waals surface area contributed by atoms with Gasteiger partial charge < -0.3 is 14.5 Å². The summed E-state index contributed by atoms with van der Waals surface area (Å²) in [4.78, 5) is 28.0. The lowest BCUT2D eigenvalue weighted by Crippen LogP contribution is -2.30. The van der Waals surface area contributed by atoms with Gasteiger partial charge in [0.25, 0.3) is 5.91 Å². The molecular formula is C21H17ClF2N2O4. The van der Waals surface area contributed by atoms with Gasteiger partial charge in [0.2, 0.25) is 0 Å². The van der Waals surface area contributed by atoms with Gasteiger partial charge in [0.1, 0.15) is 11.6 Å². The summed E-state index contributed by atoms with van der Waals surface area (Å²) in [5.74, 6) is -2.67. The third kappa shape index (κ3) is 5.42. The second-order valence-corrected chi connectivity index (χ2v) is 6.78. The molecule has 1 aromatic heterocycles. The van der Waals surface area contributed by atoms with E-state index >= 15 is 0 Å². The maximum absolute atomic E-state index is 13.8. The third-order valence-corrected chi connectivity index (χ3v) is 4.35. The standard InChI is InChI=1S/C21H17ClF2N2O4/c1-12(21(28)26-14-7-5-13(22)6-8-14)29-19(27)10-9-18-25-11-17(30-18)20-15(23)3-2-4-16(20)24/h2-8,11-12H,9-10H2,1H3,(H,26,28). The number of hydrogen-bond donors (Lipinski definition) is 1. The molecule has 3 rings (SSSR count). The van der Waals surface area contributed by atoms with Crippen molar-refractivity contribution in [2.45, 2.75) is 25.9 Å². The minimum absolute atomic E-state index is 0.0421. The first-order chi connectivity index (χ1) is 14.3. The van der Waals surface area contributed by atoms with Crippen molar-refractivity contribution in [2.24, 2.45) is 0 Å². The van der Waals surface area contributed by atoms with Crippen LogP contribution in [0.5, 0.6) is 0 Å². The number of carbonyl (C=O) groups is 2. The van der Waals surface area contributed by atoms with E-state index < -0.39 is 29.6 Å². The molecule has 0 aliphatic heterocycles. The van der Waals surface area contributed by atoms with Gasteiger partial charge in [0.05, 0.1) is 18.2 Å². The second-order valence-electron chi connectivity index (χ2n) is 6.34. The fraction of sp³-hybridized carbons (Fsp3) is 0.190. The zero-order chi connectivity index (χ0) is 21.7. The molecule has 0 saturated heterocycles. The van der Waals surface area contributed by atoms with Gasteiger partial charge in [-0.1, -0.05) is 17.7 Å². The zero-order valence-electron chi connectivity index (χ0n) is 15.8. The number of rotatable bonds is 7. The number of benzene rings is 2. The predicted octanol–water partition coefficient (Wildman–Crippen LogP) is 4.78. The Labute approximate surface area is 175 Å². The average Bonchev–Trinajstić information content (AvgIpc) is 3.16. The molecule has 9 heteroatoms. The molecule has 0 aliphatic carbocycles. The van der Waals surface area contributed by atoms with E-state index in [0.29, 0.717) is 10.7 Å². The van der Waals surface area contributed by atoms with Crippen LogP contribution in [-0.2, 0) is 20.7 Å².